The van der Waals surface area contributed by atoms with Gasteiger partial charge in [-0.1, -0.05) is 132 Å². The number of fused-ring (bicyclic) bond motifs is 7. The van der Waals surface area contributed by atoms with Crippen molar-refractivity contribution in [3.8, 4) is 22.3 Å². The number of hydrogen-bond acceptors (Lipinski definition) is 0. The molecule has 0 amide bonds. The summed E-state index contributed by atoms with van der Waals surface area (Å²) in [6, 6.07) is 41.7. The first-order valence-electron chi connectivity index (χ1n) is 15.9. The number of aryl methyl sites for hydroxylation is 1. The van der Waals surface area contributed by atoms with Crippen molar-refractivity contribution in [2.24, 2.45) is 0 Å². The van der Waals surface area contributed by atoms with Gasteiger partial charge in [-0.25, -0.2) is 0 Å². The summed E-state index contributed by atoms with van der Waals surface area (Å²) >= 11 is 0. The average molecular weight is 565 g/mol. The van der Waals surface area contributed by atoms with E-state index in [0.717, 1.165) is 0 Å². The predicted molar refractivity (Wildman–Crippen MR) is 192 cm³/mol. The maximum Gasteiger partial charge on any atom is 0.0162 e. The van der Waals surface area contributed by atoms with Gasteiger partial charge >= 0.3 is 0 Å². The molecule has 0 heterocycles. The van der Waals surface area contributed by atoms with Crippen LogP contribution in [0.4, 0.5) is 0 Å². The predicted octanol–water partition coefficient (Wildman–Crippen LogP) is 12.5. The van der Waals surface area contributed by atoms with E-state index in [0.29, 0.717) is 0 Å². The molecular formula is C44H36. The van der Waals surface area contributed by atoms with Crippen LogP contribution in [-0.4, -0.2) is 0 Å². The Kier molecular flexibility index (Phi) is 4.97. The van der Waals surface area contributed by atoms with E-state index in [1.54, 1.807) is 0 Å². The van der Waals surface area contributed by atoms with Crippen molar-refractivity contribution < 1.29 is 0 Å². The Morgan fingerprint density at radius 3 is 1.91 bits per heavy atom. The quantitative estimate of drug-likeness (QED) is 0.174. The van der Waals surface area contributed by atoms with E-state index in [-0.39, 0.29) is 10.8 Å². The van der Waals surface area contributed by atoms with E-state index in [1.165, 1.54) is 98.4 Å². The Bertz CT molecular complexity index is 2480. The molecule has 212 valence electrons. The Balaban J connectivity index is 1.33. The third-order valence-corrected chi connectivity index (χ3v) is 10.7. The smallest absolute Gasteiger partial charge is 0.0162 e. The fourth-order valence-electron chi connectivity index (χ4n) is 8.51. The molecule has 0 spiro atoms. The van der Waals surface area contributed by atoms with Crippen LogP contribution in [0, 0.1) is 6.92 Å². The van der Waals surface area contributed by atoms with Gasteiger partial charge in [-0.05, 0) is 123 Å². The van der Waals surface area contributed by atoms with Crippen LogP contribution >= 0.6 is 0 Å². The molecule has 0 atom stereocenters. The van der Waals surface area contributed by atoms with E-state index in [2.05, 4.69) is 151 Å². The lowest BCUT2D eigenvalue weighted by atomic mass is 9.77. The van der Waals surface area contributed by atoms with E-state index in [1.807, 2.05) is 0 Å². The minimum atomic E-state index is -0.110. The third-order valence-electron chi connectivity index (χ3n) is 10.7. The van der Waals surface area contributed by atoms with Crippen LogP contribution in [0.2, 0.25) is 0 Å². The molecule has 8 aromatic rings. The normalized spacial score (nSPS) is 14.3. The van der Waals surface area contributed by atoms with Gasteiger partial charge in [0.25, 0.3) is 0 Å². The van der Waals surface area contributed by atoms with Crippen LogP contribution in [0.3, 0.4) is 0 Å². The van der Waals surface area contributed by atoms with Crippen LogP contribution < -0.4 is 0 Å². The van der Waals surface area contributed by atoms with Gasteiger partial charge in [0.05, 0.1) is 0 Å². The molecule has 0 N–H and O–H groups in total. The molecular weight excluding hydrogens is 528 g/mol. The van der Waals surface area contributed by atoms with Crippen LogP contribution in [0.1, 0.15) is 56.9 Å². The summed E-state index contributed by atoms with van der Waals surface area (Å²) in [7, 11) is 0. The van der Waals surface area contributed by atoms with Gasteiger partial charge in [0.1, 0.15) is 0 Å². The molecule has 0 saturated heterocycles. The molecule has 0 bridgehead atoms. The highest BCUT2D eigenvalue weighted by molar-refractivity contribution is 6.27. The molecule has 8 aromatic carbocycles. The summed E-state index contributed by atoms with van der Waals surface area (Å²) in [5.41, 5.74) is 11.1. The van der Waals surface area contributed by atoms with Crippen molar-refractivity contribution in [2.45, 2.75) is 52.4 Å². The molecule has 0 unspecified atom stereocenters. The fraction of sp³-hybridized carbons (Fsp3) is 0.182. The maximum absolute atomic E-state index is 2.49. The molecule has 0 saturated carbocycles. The Hall–Kier alpha value is -4.68. The van der Waals surface area contributed by atoms with Gasteiger partial charge < -0.3 is 0 Å². The van der Waals surface area contributed by atoms with Crippen LogP contribution in [0.15, 0.2) is 109 Å². The van der Waals surface area contributed by atoms with Gasteiger partial charge in [0.2, 0.25) is 0 Å². The highest BCUT2D eigenvalue weighted by Gasteiger charge is 2.39. The van der Waals surface area contributed by atoms with Crippen molar-refractivity contribution in [3.05, 3.63) is 131 Å². The molecule has 0 aromatic heterocycles. The highest BCUT2D eigenvalue weighted by atomic mass is 14.4. The zero-order valence-corrected chi connectivity index (χ0v) is 26.4. The standard InChI is InChI=1S/C44H36/c1-25-31-18-16-28-21-30(43(2,3)4)22-29-17-20-36(40(31)39(28)29)41-35-19-15-27(24-38(35)44(5,6)42(25)41)37-23-26-11-7-8-12-32(26)33-13-9-10-14-34(33)37/h7-24H,1-6H3. The second-order valence-electron chi connectivity index (χ2n) is 14.6. The molecule has 0 fully saturated rings. The van der Waals surface area contributed by atoms with Gasteiger partial charge in [-0.3, -0.25) is 0 Å². The first-order chi connectivity index (χ1) is 21.1. The second-order valence-corrected chi connectivity index (χ2v) is 14.6. The molecule has 9 rings (SSSR count). The Morgan fingerprint density at radius 1 is 0.523 bits per heavy atom. The van der Waals surface area contributed by atoms with Crippen LogP contribution in [0.5, 0.6) is 0 Å². The van der Waals surface area contributed by atoms with Crippen molar-refractivity contribution in [3.63, 3.8) is 0 Å². The van der Waals surface area contributed by atoms with Gasteiger partial charge in [-0.15, -0.1) is 0 Å². The summed E-state index contributed by atoms with van der Waals surface area (Å²) in [4.78, 5) is 0. The minimum absolute atomic E-state index is 0.110. The molecule has 0 radical (unpaired) electrons. The summed E-state index contributed by atoms with van der Waals surface area (Å²) in [6.07, 6.45) is 0. The van der Waals surface area contributed by atoms with Crippen molar-refractivity contribution in [1.29, 1.82) is 0 Å². The molecule has 0 nitrogen and oxygen atoms in total. The summed E-state index contributed by atoms with van der Waals surface area (Å²) < 4.78 is 0. The monoisotopic (exact) mass is 564 g/mol. The molecule has 1 aliphatic rings. The van der Waals surface area contributed by atoms with E-state index < -0.39 is 0 Å². The Labute approximate surface area is 259 Å². The van der Waals surface area contributed by atoms with Gasteiger partial charge in [0.15, 0.2) is 0 Å². The zero-order chi connectivity index (χ0) is 30.1. The summed E-state index contributed by atoms with van der Waals surface area (Å²) in [5, 5.41) is 13.5. The first kappa shape index (κ1) is 25.8. The lowest BCUT2D eigenvalue weighted by Gasteiger charge is -2.26. The fourth-order valence-corrected chi connectivity index (χ4v) is 8.51. The van der Waals surface area contributed by atoms with E-state index >= 15 is 0 Å². The van der Waals surface area contributed by atoms with Crippen molar-refractivity contribution in [2.75, 3.05) is 0 Å². The van der Waals surface area contributed by atoms with Crippen molar-refractivity contribution in [1.82, 2.24) is 0 Å². The van der Waals surface area contributed by atoms with Gasteiger partial charge in [-0.2, -0.15) is 0 Å². The van der Waals surface area contributed by atoms with Gasteiger partial charge in [0, 0.05) is 5.41 Å². The van der Waals surface area contributed by atoms with Crippen LogP contribution in [-0.2, 0) is 10.8 Å². The van der Waals surface area contributed by atoms with E-state index in [9.17, 15) is 0 Å². The topological polar surface area (TPSA) is 0 Å². The molecule has 1 aliphatic carbocycles. The Morgan fingerprint density at radius 2 is 1.18 bits per heavy atom. The maximum atomic E-state index is 2.49. The summed E-state index contributed by atoms with van der Waals surface area (Å²) in [6.45, 7) is 14.2. The van der Waals surface area contributed by atoms with Crippen molar-refractivity contribution >= 4 is 53.9 Å². The lowest BCUT2D eigenvalue weighted by Crippen LogP contribution is -2.17. The number of rotatable bonds is 1. The number of hydrogen-bond donors (Lipinski definition) is 0. The highest BCUT2D eigenvalue weighted by Crippen LogP contribution is 2.56. The van der Waals surface area contributed by atoms with E-state index in [4.69, 9.17) is 0 Å². The molecule has 0 heteroatoms. The minimum Gasteiger partial charge on any atom is -0.0616 e. The molecule has 44 heavy (non-hydrogen) atoms. The zero-order valence-electron chi connectivity index (χ0n) is 26.4. The first-order valence-corrected chi connectivity index (χ1v) is 15.9. The summed E-state index contributed by atoms with van der Waals surface area (Å²) in [5.74, 6) is 0. The largest absolute Gasteiger partial charge is 0.0616 e. The SMILES string of the molecule is Cc1c2c(c3ccc4cc(C(C)(C)C)cc5ccc1c3c54)-c1ccc(-c3cc4ccccc4c4ccccc34)cc1C2(C)C. The lowest BCUT2D eigenvalue weighted by molar-refractivity contribution is 0.591. The molecule has 0 aliphatic heterocycles. The van der Waals surface area contributed by atoms with Crippen LogP contribution in [0.25, 0.3) is 76.1 Å². The number of benzene rings is 8. The third kappa shape index (κ3) is 3.29. The average Bonchev–Trinajstić information content (AvgIpc) is 3.26. The second kappa shape index (κ2) is 8.48.